The number of carbonyl (C=O) groups is 1. The van der Waals surface area contributed by atoms with E-state index in [1.165, 1.54) is 0 Å². The number of benzene rings is 4. The van der Waals surface area contributed by atoms with Gasteiger partial charge in [-0.25, -0.2) is 0 Å². The minimum atomic E-state index is -1.50. The molecule has 0 radical (unpaired) electrons. The van der Waals surface area contributed by atoms with Crippen LogP contribution >= 0.6 is 0 Å². The van der Waals surface area contributed by atoms with Gasteiger partial charge in [-0.1, -0.05) is 97.1 Å². The average molecular weight is 493 g/mol. The molecule has 1 fully saturated rings. The van der Waals surface area contributed by atoms with E-state index in [1.807, 2.05) is 120 Å². The number of hydrogen-bond donors (Lipinski definition) is 0. The third kappa shape index (κ3) is 2.32. The van der Waals surface area contributed by atoms with Crippen LogP contribution in [0.5, 0.6) is 0 Å². The minimum absolute atomic E-state index is 0.107. The first-order valence-corrected chi connectivity index (χ1v) is 12.8. The van der Waals surface area contributed by atoms with Gasteiger partial charge in [-0.15, -0.1) is 0 Å². The number of fused-ring (bicyclic) bond motifs is 8. The van der Waals surface area contributed by atoms with Crippen molar-refractivity contribution in [2.45, 2.75) is 17.5 Å². The molecule has 0 aromatic heterocycles. The van der Waals surface area contributed by atoms with E-state index in [9.17, 15) is 10.5 Å². The van der Waals surface area contributed by atoms with Crippen molar-refractivity contribution in [2.24, 2.45) is 5.41 Å². The van der Waals surface area contributed by atoms with Crippen molar-refractivity contribution in [3.8, 4) is 23.3 Å². The van der Waals surface area contributed by atoms with Gasteiger partial charge in [-0.2, -0.15) is 10.5 Å². The zero-order valence-electron chi connectivity index (χ0n) is 20.9. The van der Waals surface area contributed by atoms with Crippen LogP contribution in [0, 0.1) is 28.1 Å². The van der Waals surface area contributed by atoms with E-state index in [2.05, 4.69) is 12.1 Å². The first-order chi connectivity index (χ1) is 18.6. The topological polar surface area (TPSA) is 71.1 Å². The van der Waals surface area contributed by atoms with Gasteiger partial charge in [0.15, 0.2) is 5.41 Å². The summed E-state index contributed by atoms with van der Waals surface area (Å²) in [6.45, 7) is 0.541. The van der Waals surface area contributed by atoms with Crippen molar-refractivity contribution in [1.29, 1.82) is 10.5 Å². The fourth-order valence-electron chi connectivity index (χ4n) is 7.63. The molecular weight excluding hydrogens is 468 g/mol. The maximum absolute atomic E-state index is 15.2. The Hall–Kier alpha value is -4.71. The highest BCUT2D eigenvalue weighted by molar-refractivity contribution is 6.11. The molecule has 0 unspecified atom stereocenters. The third-order valence-corrected chi connectivity index (χ3v) is 8.89. The maximum Gasteiger partial charge on any atom is 0.253 e. The molecule has 2 heterocycles. The van der Waals surface area contributed by atoms with Gasteiger partial charge < -0.3 is 4.90 Å². The summed E-state index contributed by atoms with van der Waals surface area (Å²) in [5.74, 6) is -0.107. The summed E-state index contributed by atoms with van der Waals surface area (Å²) < 4.78 is 0. The van der Waals surface area contributed by atoms with Gasteiger partial charge in [0.1, 0.15) is 5.54 Å². The number of hydrogen-bond acceptors (Lipinski definition) is 4. The summed E-state index contributed by atoms with van der Waals surface area (Å²) >= 11 is 0. The standard InChI is InChI=1S/C33H24N4O/c1-36-22-31(20-34,21-35)32(26-15-7-5-13-24(26)25-14-6-8-16-27(25)32)33(36)28-17-9-10-18-29(28)37(30(33)38)19-23-11-3-2-4-12-23/h2-18H,19,22H2,1H3/t33-/m0/s1. The van der Waals surface area contributed by atoms with Crippen LogP contribution in [0.15, 0.2) is 103 Å². The Morgan fingerprint density at radius 2 is 1.26 bits per heavy atom. The summed E-state index contributed by atoms with van der Waals surface area (Å²) in [7, 11) is 1.89. The summed E-state index contributed by atoms with van der Waals surface area (Å²) in [5, 5.41) is 21.7. The van der Waals surface area contributed by atoms with Gasteiger partial charge >= 0.3 is 0 Å². The summed E-state index contributed by atoms with van der Waals surface area (Å²) in [6.07, 6.45) is 0. The molecular formula is C33H24N4O. The molecule has 1 saturated heterocycles. The van der Waals surface area contributed by atoms with Crippen LogP contribution in [0.2, 0.25) is 0 Å². The van der Waals surface area contributed by atoms with Gasteiger partial charge in [0, 0.05) is 17.8 Å². The maximum atomic E-state index is 15.2. The highest BCUT2D eigenvalue weighted by Gasteiger charge is 2.80. The van der Waals surface area contributed by atoms with E-state index in [0.717, 1.165) is 39.1 Å². The minimum Gasteiger partial charge on any atom is -0.306 e. The Kier molecular flexibility index (Phi) is 4.53. The second-order valence-electron chi connectivity index (χ2n) is 10.4. The molecule has 38 heavy (non-hydrogen) atoms. The number of anilines is 1. The number of likely N-dealkylation sites (tertiary alicyclic amines) is 1. The molecule has 3 aliphatic rings. The molecule has 4 aromatic carbocycles. The van der Waals surface area contributed by atoms with Crippen molar-refractivity contribution in [3.05, 3.63) is 125 Å². The molecule has 2 spiro atoms. The number of rotatable bonds is 2. The van der Waals surface area contributed by atoms with E-state index >= 15 is 4.79 Å². The molecule has 182 valence electrons. The van der Waals surface area contributed by atoms with Gasteiger partial charge in [0.05, 0.1) is 24.1 Å². The van der Waals surface area contributed by atoms with Crippen molar-refractivity contribution >= 4 is 11.6 Å². The number of nitriles is 2. The molecule has 0 saturated carbocycles. The fourth-order valence-corrected chi connectivity index (χ4v) is 7.63. The lowest BCUT2D eigenvalue weighted by molar-refractivity contribution is -0.130. The summed E-state index contributed by atoms with van der Waals surface area (Å²) in [6, 6.07) is 38.7. The molecule has 5 heteroatoms. The van der Waals surface area contributed by atoms with Gasteiger partial charge in [0.2, 0.25) is 0 Å². The lowest BCUT2D eigenvalue weighted by Crippen LogP contribution is -2.61. The van der Waals surface area contributed by atoms with E-state index in [4.69, 9.17) is 0 Å². The predicted molar refractivity (Wildman–Crippen MR) is 145 cm³/mol. The number of nitrogens with zero attached hydrogens (tertiary/aromatic N) is 4. The summed E-state index contributed by atoms with van der Waals surface area (Å²) in [5.41, 5.74) is 2.31. The second-order valence-corrected chi connectivity index (χ2v) is 10.4. The van der Waals surface area contributed by atoms with Crippen molar-refractivity contribution in [2.75, 3.05) is 18.5 Å². The monoisotopic (exact) mass is 492 g/mol. The van der Waals surface area contributed by atoms with Crippen LogP contribution in [0.3, 0.4) is 0 Å². The Morgan fingerprint density at radius 3 is 1.87 bits per heavy atom. The van der Waals surface area contributed by atoms with Crippen molar-refractivity contribution in [3.63, 3.8) is 0 Å². The molecule has 5 nitrogen and oxygen atoms in total. The molecule has 0 bridgehead atoms. The average Bonchev–Trinajstić information content (AvgIpc) is 3.50. The third-order valence-electron chi connectivity index (χ3n) is 8.89. The number of carbonyl (C=O) groups excluding carboxylic acids is 1. The quantitative estimate of drug-likeness (QED) is 0.377. The lowest BCUT2D eigenvalue weighted by Gasteiger charge is -2.47. The molecule has 1 amide bonds. The van der Waals surface area contributed by atoms with Crippen LogP contribution in [0.4, 0.5) is 5.69 Å². The van der Waals surface area contributed by atoms with E-state index in [0.29, 0.717) is 6.54 Å². The predicted octanol–water partition coefficient (Wildman–Crippen LogP) is 5.37. The Bertz CT molecular complexity index is 1650. The first-order valence-electron chi connectivity index (χ1n) is 12.8. The van der Waals surface area contributed by atoms with Gasteiger partial charge in [0.25, 0.3) is 5.91 Å². The Morgan fingerprint density at radius 1 is 0.737 bits per heavy atom. The van der Waals surface area contributed by atoms with Crippen LogP contribution < -0.4 is 4.90 Å². The number of amides is 1. The molecule has 7 rings (SSSR count). The van der Waals surface area contributed by atoms with Gasteiger partial charge in [-0.3, -0.25) is 9.69 Å². The van der Waals surface area contributed by atoms with Crippen LogP contribution in [0.25, 0.3) is 11.1 Å². The molecule has 0 N–H and O–H groups in total. The zero-order valence-corrected chi connectivity index (χ0v) is 20.9. The normalized spacial score (nSPS) is 21.7. The van der Waals surface area contributed by atoms with Crippen LogP contribution in [0.1, 0.15) is 22.3 Å². The first kappa shape index (κ1) is 22.5. The molecule has 1 atom stereocenters. The molecule has 4 aromatic rings. The van der Waals surface area contributed by atoms with Crippen molar-refractivity contribution in [1.82, 2.24) is 4.90 Å². The highest BCUT2D eigenvalue weighted by Crippen LogP contribution is 2.72. The smallest absolute Gasteiger partial charge is 0.253 e. The van der Waals surface area contributed by atoms with E-state index in [-0.39, 0.29) is 12.5 Å². The fraction of sp³-hybridized carbons (Fsp3) is 0.182. The van der Waals surface area contributed by atoms with Crippen molar-refractivity contribution < 1.29 is 4.79 Å². The molecule has 2 aliphatic heterocycles. The Balaban J connectivity index is 1.63. The largest absolute Gasteiger partial charge is 0.306 e. The zero-order chi connectivity index (χ0) is 26.1. The van der Waals surface area contributed by atoms with E-state index in [1.54, 1.807) is 0 Å². The van der Waals surface area contributed by atoms with Crippen LogP contribution in [-0.2, 0) is 22.3 Å². The summed E-state index contributed by atoms with van der Waals surface area (Å²) in [4.78, 5) is 19.0. The van der Waals surface area contributed by atoms with Crippen LogP contribution in [-0.4, -0.2) is 24.4 Å². The number of para-hydroxylation sites is 1. The second kappa shape index (κ2) is 7.65. The highest BCUT2D eigenvalue weighted by atomic mass is 16.2. The Labute approximate surface area is 221 Å². The van der Waals surface area contributed by atoms with E-state index < -0.39 is 16.4 Å². The number of likely N-dealkylation sites (N-methyl/N-ethyl adjacent to an activating group) is 1. The van der Waals surface area contributed by atoms with Gasteiger partial charge in [-0.05, 0) is 40.9 Å². The lowest BCUT2D eigenvalue weighted by atomic mass is 9.52. The SMILES string of the molecule is CN1CC(C#N)(C#N)C2(c3ccccc3-c3ccccc32)[C@]12C(=O)N(Cc1ccccc1)c1ccccc12. The molecule has 1 aliphatic carbocycles.